The molecular formula is C49H56ClFN8O7S. The Balaban J connectivity index is 0.781. The smallest absolute Gasteiger partial charge is 0.305 e. The van der Waals surface area contributed by atoms with Crippen LogP contribution >= 0.6 is 22.9 Å². The number of carbonyl (C=O) groups is 2. The molecule has 2 aromatic carbocycles. The number of halogens is 2. The van der Waals surface area contributed by atoms with Gasteiger partial charge in [0, 0.05) is 113 Å². The van der Waals surface area contributed by atoms with Gasteiger partial charge in [-0.05, 0) is 80.6 Å². The van der Waals surface area contributed by atoms with E-state index in [1.54, 1.807) is 22.0 Å². The van der Waals surface area contributed by atoms with Gasteiger partial charge in [0.25, 0.3) is 0 Å². The zero-order valence-corrected chi connectivity index (χ0v) is 39.9. The molecule has 2 N–H and O–H groups in total. The minimum Gasteiger partial charge on any atom is -0.395 e. The van der Waals surface area contributed by atoms with Gasteiger partial charge < -0.3 is 19.5 Å². The standard InChI is InChI=1S/C49H56ClFN8O7S/c1-28-11-33(50)14-37(36-7-8-52-42-15-35(67-46(36)42)24-58-47(62)38-16-39(38)48(58)63)40(28)25-56-29(2)19-54(20-30(56)3)21-31-18-53-55(22-31)9-6-10-66-26-34(61)23-57-43-17-41(51)44(59(64)65)12-32(43)13-45(57)49(4,5)27-60/h7-8,11-15,17-18,22,29-30,34,38-39,60-61H,6,9-10,16,19-21,23-27H2,1-5H3/t29-,30-,34+,38?,39?/m0/s1. The molecule has 2 saturated heterocycles. The van der Waals surface area contributed by atoms with Crippen LogP contribution in [0.5, 0.6) is 0 Å². The van der Waals surface area contributed by atoms with Crippen molar-refractivity contribution in [2.45, 2.75) is 104 Å². The number of amides is 2. The van der Waals surface area contributed by atoms with Gasteiger partial charge in [-0.2, -0.15) is 9.49 Å². The summed E-state index contributed by atoms with van der Waals surface area (Å²) in [7, 11) is 0. The Kier molecular flexibility index (Phi) is 13.1. The van der Waals surface area contributed by atoms with Crippen molar-refractivity contribution in [3.63, 3.8) is 0 Å². The molecule has 2 unspecified atom stereocenters. The first-order valence-electron chi connectivity index (χ1n) is 22.9. The molecule has 5 atom stereocenters. The summed E-state index contributed by atoms with van der Waals surface area (Å²) in [5, 5.41) is 38.2. The van der Waals surface area contributed by atoms with Crippen molar-refractivity contribution in [1.29, 1.82) is 0 Å². The number of aliphatic hydroxyl groups excluding tert-OH is 2. The predicted octanol–water partition coefficient (Wildman–Crippen LogP) is 7.46. The molecule has 0 bridgehead atoms. The number of aryl methyl sites for hydroxylation is 2. The van der Waals surface area contributed by atoms with Crippen molar-refractivity contribution in [2.75, 3.05) is 32.9 Å². The van der Waals surface area contributed by atoms with E-state index in [-0.39, 0.29) is 62.0 Å². The largest absolute Gasteiger partial charge is 0.395 e. The second-order valence-corrected chi connectivity index (χ2v) is 20.9. The molecule has 9 rings (SSSR count). The fourth-order valence-electron chi connectivity index (χ4n) is 10.1. The monoisotopic (exact) mass is 954 g/mol. The lowest BCUT2D eigenvalue weighted by atomic mass is 9.90. The number of likely N-dealkylation sites (tertiary alicyclic amines) is 1. The third-order valence-electron chi connectivity index (χ3n) is 13.7. The van der Waals surface area contributed by atoms with Crippen molar-refractivity contribution in [3.05, 3.63) is 109 Å². The molecule has 354 valence electrons. The van der Waals surface area contributed by atoms with Gasteiger partial charge in [-0.25, -0.2) is 0 Å². The molecule has 1 aliphatic carbocycles. The van der Waals surface area contributed by atoms with E-state index in [9.17, 15) is 34.3 Å². The van der Waals surface area contributed by atoms with Gasteiger partial charge >= 0.3 is 5.69 Å². The maximum atomic E-state index is 14.7. The highest BCUT2D eigenvalue weighted by Gasteiger charge is 2.58. The van der Waals surface area contributed by atoms with E-state index in [1.165, 1.54) is 16.5 Å². The molecule has 3 fully saturated rings. The SMILES string of the molecule is Cc1cc(Cl)cc(-c2ccnc3cc(CN4C(=O)C5CC5C4=O)sc23)c1CN1[C@@H](C)CN(Cc2cnn(CCCOC[C@H](O)Cn3c(C(C)(C)CO)cc4cc([N+](=O)[O-])c(F)cc43)c2)C[C@@H]1C. The number of pyridine rings is 1. The van der Waals surface area contributed by atoms with E-state index in [0.717, 1.165) is 69.6 Å². The summed E-state index contributed by atoms with van der Waals surface area (Å²) in [5.41, 5.74) is 6.02. The van der Waals surface area contributed by atoms with Crippen molar-refractivity contribution < 1.29 is 33.9 Å². The van der Waals surface area contributed by atoms with E-state index in [2.05, 4.69) is 46.9 Å². The Hall–Kier alpha value is -5.14. The summed E-state index contributed by atoms with van der Waals surface area (Å²) in [4.78, 5) is 48.2. The van der Waals surface area contributed by atoms with E-state index in [1.807, 2.05) is 55.2 Å². The first kappa shape index (κ1) is 46.9. The third kappa shape index (κ3) is 9.52. The Morgan fingerprint density at radius 1 is 1.04 bits per heavy atom. The van der Waals surface area contributed by atoms with Crippen LogP contribution in [0.4, 0.5) is 10.1 Å². The molecule has 0 spiro atoms. The lowest BCUT2D eigenvalue weighted by Gasteiger charge is -2.45. The number of ether oxygens (including phenoxy) is 1. The Morgan fingerprint density at radius 3 is 2.51 bits per heavy atom. The minimum absolute atomic E-state index is 0.0243. The summed E-state index contributed by atoms with van der Waals surface area (Å²) in [6.07, 6.45) is 6.20. The number of hydrogen-bond acceptors (Lipinski definition) is 12. The Bertz CT molecular complexity index is 2850. The minimum atomic E-state index is -0.968. The number of aromatic nitrogens is 4. The maximum absolute atomic E-state index is 14.7. The lowest BCUT2D eigenvalue weighted by molar-refractivity contribution is -0.387. The zero-order valence-electron chi connectivity index (χ0n) is 38.3. The Labute approximate surface area is 396 Å². The zero-order chi connectivity index (χ0) is 47.5. The number of nitrogens with zero attached hydrogens (tertiary/aromatic N) is 8. The quantitative estimate of drug-likeness (QED) is 0.0379. The van der Waals surface area contributed by atoms with Crippen LogP contribution in [0.3, 0.4) is 0 Å². The molecule has 2 amide bonds. The van der Waals surface area contributed by atoms with Gasteiger partial charge in [-0.1, -0.05) is 25.4 Å². The molecule has 1 saturated carbocycles. The van der Waals surface area contributed by atoms with E-state index in [0.29, 0.717) is 47.6 Å². The van der Waals surface area contributed by atoms with Gasteiger partial charge in [0.2, 0.25) is 17.6 Å². The van der Waals surface area contributed by atoms with E-state index in [4.69, 9.17) is 16.3 Å². The van der Waals surface area contributed by atoms with Crippen molar-refractivity contribution in [2.24, 2.45) is 11.8 Å². The highest BCUT2D eigenvalue weighted by molar-refractivity contribution is 7.19. The first-order chi connectivity index (χ1) is 32.0. The highest BCUT2D eigenvalue weighted by Crippen LogP contribution is 2.48. The average Bonchev–Trinajstić information content (AvgIpc) is 3.45. The van der Waals surface area contributed by atoms with E-state index < -0.39 is 27.9 Å². The molecule has 3 aliphatic rings. The average molecular weight is 956 g/mol. The molecule has 67 heavy (non-hydrogen) atoms. The van der Waals surface area contributed by atoms with Gasteiger partial charge in [0.05, 0.1) is 71.1 Å². The highest BCUT2D eigenvalue weighted by atomic mass is 35.5. The van der Waals surface area contributed by atoms with Crippen LogP contribution in [0.2, 0.25) is 5.02 Å². The molecule has 4 aromatic heterocycles. The van der Waals surface area contributed by atoms with Gasteiger partial charge in [-0.15, -0.1) is 11.3 Å². The first-order valence-corrected chi connectivity index (χ1v) is 24.0. The number of hydrogen-bond donors (Lipinski definition) is 2. The van der Waals surface area contributed by atoms with Crippen LogP contribution in [-0.2, 0) is 52.5 Å². The number of rotatable bonds is 18. The van der Waals surface area contributed by atoms with Crippen molar-refractivity contribution in [3.8, 4) is 11.1 Å². The molecule has 6 aromatic rings. The van der Waals surface area contributed by atoms with Crippen molar-refractivity contribution in [1.82, 2.24) is 34.0 Å². The fourth-order valence-corrected chi connectivity index (χ4v) is 11.5. The van der Waals surface area contributed by atoms with Gasteiger partial charge in [0.15, 0.2) is 0 Å². The van der Waals surface area contributed by atoms with Crippen molar-refractivity contribution >= 4 is 61.6 Å². The number of piperazine rings is 1. The topological polar surface area (TPSA) is 172 Å². The maximum Gasteiger partial charge on any atom is 0.305 e. The number of thiophene rings is 1. The third-order valence-corrected chi connectivity index (χ3v) is 15.1. The number of aliphatic hydroxyl groups is 2. The van der Waals surface area contributed by atoms with Crippen LogP contribution in [0, 0.1) is 34.7 Å². The second-order valence-electron chi connectivity index (χ2n) is 19.3. The van der Waals surface area contributed by atoms with Crippen LogP contribution in [0.15, 0.2) is 61.1 Å². The summed E-state index contributed by atoms with van der Waals surface area (Å²) in [6.45, 7) is 14.7. The summed E-state index contributed by atoms with van der Waals surface area (Å²) >= 11 is 8.33. The molecular weight excluding hydrogens is 899 g/mol. The molecule has 2 aliphatic heterocycles. The van der Waals surface area contributed by atoms with E-state index >= 15 is 0 Å². The van der Waals surface area contributed by atoms with Gasteiger partial charge in [0.1, 0.15) is 0 Å². The molecule has 6 heterocycles. The number of benzene rings is 2. The fraction of sp³-hybridized carbons (Fsp3) is 0.469. The summed E-state index contributed by atoms with van der Waals surface area (Å²) in [5.74, 6) is -1.32. The van der Waals surface area contributed by atoms with Crippen LogP contribution in [0.25, 0.3) is 32.2 Å². The van der Waals surface area contributed by atoms with Crippen LogP contribution in [-0.4, -0.2) is 112 Å². The van der Waals surface area contributed by atoms with Crippen LogP contribution in [0.1, 0.15) is 67.8 Å². The number of nitro groups is 1. The number of imide groups is 1. The number of carbonyl (C=O) groups excluding carboxylic acids is 2. The predicted molar refractivity (Wildman–Crippen MR) is 254 cm³/mol. The second kappa shape index (κ2) is 18.7. The summed E-state index contributed by atoms with van der Waals surface area (Å²) in [6, 6.07) is 12.6. The van der Waals surface area contributed by atoms with Gasteiger partial charge in [-0.3, -0.25) is 44.1 Å². The molecule has 18 heteroatoms. The number of piperidine rings is 1. The van der Waals surface area contributed by atoms with Crippen LogP contribution < -0.4 is 0 Å². The Morgan fingerprint density at radius 2 is 1.79 bits per heavy atom. The molecule has 15 nitrogen and oxygen atoms in total. The normalized spacial score (nSPS) is 20.7. The number of nitro benzene ring substituents is 1. The molecule has 0 radical (unpaired) electrons. The lowest BCUT2D eigenvalue weighted by Crippen LogP contribution is -2.55. The number of fused-ring (bicyclic) bond motifs is 3. The summed E-state index contributed by atoms with van der Waals surface area (Å²) < 4.78 is 25.1.